The highest BCUT2D eigenvalue weighted by atomic mass is 16.2. The highest BCUT2D eigenvalue weighted by molar-refractivity contribution is 5.81. The Labute approximate surface area is 65.0 Å². The van der Waals surface area contributed by atoms with E-state index in [1.807, 2.05) is 6.92 Å². The van der Waals surface area contributed by atoms with Crippen LogP contribution in [0.1, 0.15) is 17.5 Å². The summed E-state index contributed by atoms with van der Waals surface area (Å²) in [5.74, 6) is 0.653. The Morgan fingerprint density at radius 3 is 3.09 bits per heavy atom. The summed E-state index contributed by atoms with van der Waals surface area (Å²) in [6.45, 7) is 1.98. The Hall–Kier alpha value is -1.16. The molecule has 0 aromatic carbocycles. The van der Waals surface area contributed by atoms with Crippen molar-refractivity contribution in [2.45, 2.75) is 13.3 Å². The highest BCUT2D eigenvalue weighted by Crippen LogP contribution is 1.96. The van der Waals surface area contributed by atoms with Crippen LogP contribution in [0.25, 0.3) is 0 Å². The van der Waals surface area contributed by atoms with E-state index in [9.17, 15) is 4.79 Å². The van der Waals surface area contributed by atoms with E-state index in [-0.39, 0.29) is 12.5 Å². The summed E-state index contributed by atoms with van der Waals surface area (Å²) in [6, 6.07) is 0. The summed E-state index contributed by atoms with van der Waals surface area (Å²) in [5, 5.41) is 0. The number of nitrogens with two attached hydrogens (primary N) is 1. The maximum atomic E-state index is 11.1. The van der Waals surface area contributed by atoms with Crippen molar-refractivity contribution >= 4 is 5.91 Å². The maximum absolute atomic E-state index is 11.1. The predicted octanol–water partition coefficient (Wildman–Crippen LogP) is 0.0444. The second-order valence-electron chi connectivity index (χ2n) is 2.16. The number of aromatic nitrogens is 2. The van der Waals surface area contributed by atoms with Crippen LogP contribution in [0, 0.1) is 0 Å². The third-order valence-electron chi connectivity index (χ3n) is 1.48. The van der Waals surface area contributed by atoms with Crippen molar-refractivity contribution in [3.63, 3.8) is 0 Å². The lowest BCUT2D eigenvalue weighted by atomic mass is 10.4. The number of hydrogen-bond donors (Lipinski definition) is 1. The van der Waals surface area contributed by atoms with E-state index in [1.54, 1.807) is 12.4 Å². The normalized spacial score (nSPS) is 10.0. The molecule has 0 saturated heterocycles. The Bertz CT molecular complexity index is 254. The molecule has 0 amide bonds. The van der Waals surface area contributed by atoms with E-state index in [0.717, 1.165) is 12.2 Å². The number of rotatable bonds is 2. The molecule has 1 heterocycles. The van der Waals surface area contributed by atoms with Crippen LogP contribution in [0.4, 0.5) is 0 Å². The summed E-state index contributed by atoms with van der Waals surface area (Å²) in [5.41, 5.74) is 5.19. The fourth-order valence-electron chi connectivity index (χ4n) is 0.921. The van der Waals surface area contributed by atoms with Crippen LogP contribution >= 0.6 is 0 Å². The van der Waals surface area contributed by atoms with Gasteiger partial charge in [-0.1, -0.05) is 6.92 Å². The Morgan fingerprint density at radius 2 is 2.55 bits per heavy atom. The summed E-state index contributed by atoms with van der Waals surface area (Å²) in [6.07, 6.45) is 3.99. The van der Waals surface area contributed by atoms with E-state index in [0.29, 0.717) is 0 Å². The zero-order chi connectivity index (χ0) is 8.27. The highest BCUT2D eigenvalue weighted by Gasteiger charge is 2.05. The van der Waals surface area contributed by atoms with Crippen molar-refractivity contribution in [1.29, 1.82) is 0 Å². The number of imidazole rings is 1. The van der Waals surface area contributed by atoms with Gasteiger partial charge in [0.05, 0.1) is 6.54 Å². The topological polar surface area (TPSA) is 60.9 Å². The average molecular weight is 153 g/mol. The summed E-state index contributed by atoms with van der Waals surface area (Å²) in [7, 11) is 0. The van der Waals surface area contributed by atoms with Gasteiger partial charge in [0.2, 0.25) is 5.91 Å². The molecule has 1 aromatic rings. The number of aryl methyl sites for hydroxylation is 1. The fourth-order valence-corrected chi connectivity index (χ4v) is 0.921. The molecule has 0 spiro atoms. The van der Waals surface area contributed by atoms with Gasteiger partial charge in [-0.15, -0.1) is 0 Å². The summed E-state index contributed by atoms with van der Waals surface area (Å²) < 4.78 is 1.49. The Kier molecular flexibility index (Phi) is 2.38. The molecule has 4 heteroatoms. The molecule has 0 unspecified atom stereocenters. The van der Waals surface area contributed by atoms with Crippen LogP contribution in [0.15, 0.2) is 12.4 Å². The van der Waals surface area contributed by atoms with Gasteiger partial charge in [0.1, 0.15) is 5.82 Å². The minimum atomic E-state index is -0.112. The lowest BCUT2D eigenvalue weighted by molar-refractivity contribution is 0.0920. The molecule has 60 valence electrons. The number of carbonyl (C=O) groups excluding carboxylic acids is 1. The van der Waals surface area contributed by atoms with Gasteiger partial charge < -0.3 is 5.73 Å². The molecule has 0 aliphatic carbocycles. The molecule has 0 aliphatic rings. The van der Waals surface area contributed by atoms with E-state index in [2.05, 4.69) is 4.98 Å². The van der Waals surface area contributed by atoms with Gasteiger partial charge >= 0.3 is 0 Å². The van der Waals surface area contributed by atoms with Gasteiger partial charge in [0.15, 0.2) is 0 Å². The molecule has 2 N–H and O–H groups in total. The summed E-state index contributed by atoms with van der Waals surface area (Å²) >= 11 is 0. The molecule has 0 atom stereocenters. The van der Waals surface area contributed by atoms with E-state index in [4.69, 9.17) is 5.73 Å². The van der Waals surface area contributed by atoms with Crippen LogP contribution in [-0.4, -0.2) is 22.0 Å². The second-order valence-corrected chi connectivity index (χ2v) is 2.16. The molecule has 0 aliphatic heterocycles. The monoisotopic (exact) mass is 153 g/mol. The second kappa shape index (κ2) is 3.30. The number of carbonyl (C=O) groups is 1. The van der Waals surface area contributed by atoms with E-state index >= 15 is 0 Å². The lowest BCUT2D eigenvalue weighted by Crippen LogP contribution is -2.22. The van der Waals surface area contributed by atoms with Crippen LogP contribution in [0.2, 0.25) is 0 Å². The first-order valence-electron chi connectivity index (χ1n) is 3.55. The van der Waals surface area contributed by atoms with Crippen molar-refractivity contribution in [3.05, 3.63) is 18.2 Å². The Morgan fingerprint density at radius 1 is 1.82 bits per heavy atom. The van der Waals surface area contributed by atoms with Crippen LogP contribution < -0.4 is 5.73 Å². The van der Waals surface area contributed by atoms with Crippen molar-refractivity contribution in [2.75, 3.05) is 6.54 Å². The average Bonchev–Trinajstić information content (AvgIpc) is 2.50. The molecule has 0 saturated carbocycles. The zero-order valence-corrected chi connectivity index (χ0v) is 6.45. The van der Waals surface area contributed by atoms with E-state index < -0.39 is 0 Å². The SMILES string of the molecule is CCc1nccn1C(=O)CN. The third-order valence-corrected chi connectivity index (χ3v) is 1.48. The first-order chi connectivity index (χ1) is 5.29. The van der Waals surface area contributed by atoms with E-state index in [1.165, 1.54) is 4.57 Å². The minimum Gasteiger partial charge on any atom is -0.322 e. The number of hydrogen-bond acceptors (Lipinski definition) is 3. The largest absolute Gasteiger partial charge is 0.322 e. The standard InChI is InChI=1S/C7H11N3O/c1-2-6-9-3-4-10(6)7(11)5-8/h3-4H,2,5,8H2,1H3. The quantitative estimate of drug-likeness (QED) is 0.652. The van der Waals surface area contributed by atoms with Crippen molar-refractivity contribution in [1.82, 2.24) is 9.55 Å². The molecule has 1 rings (SSSR count). The van der Waals surface area contributed by atoms with Crippen LogP contribution in [-0.2, 0) is 6.42 Å². The smallest absolute Gasteiger partial charge is 0.245 e. The van der Waals surface area contributed by atoms with Gasteiger partial charge in [0, 0.05) is 18.8 Å². The van der Waals surface area contributed by atoms with Crippen molar-refractivity contribution in [3.8, 4) is 0 Å². The van der Waals surface area contributed by atoms with Gasteiger partial charge in [-0.2, -0.15) is 0 Å². The van der Waals surface area contributed by atoms with Gasteiger partial charge in [-0.3, -0.25) is 9.36 Å². The Balaban J connectivity index is 2.92. The van der Waals surface area contributed by atoms with Crippen molar-refractivity contribution < 1.29 is 4.79 Å². The first-order valence-corrected chi connectivity index (χ1v) is 3.55. The molecule has 4 nitrogen and oxygen atoms in total. The van der Waals surface area contributed by atoms with Crippen molar-refractivity contribution in [2.24, 2.45) is 5.73 Å². The number of nitrogens with zero attached hydrogens (tertiary/aromatic N) is 2. The third kappa shape index (κ3) is 1.46. The summed E-state index contributed by atoms with van der Waals surface area (Å²) in [4.78, 5) is 15.0. The molecule has 0 fully saturated rings. The van der Waals surface area contributed by atoms with Gasteiger partial charge in [0.25, 0.3) is 0 Å². The van der Waals surface area contributed by atoms with Gasteiger partial charge in [-0.05, 0) is 0 Å². The lowest BCUT2D eigenvalue weighted by Gasteiger charge is -2.00. The first kappa shape index (κ1) is 7.94. The maximum Gasteiger partial charge on any atom is 0.245 e. The van der Waals surface area contributed by atoms with Crippen LogP contribution in [0.5, 0.6) is 0 Å². The zero-order valence-electron chi connectivity index (χ0n) is 6.45. The predicted molar refractivity (Wildman–Crippen MR) is 41.3 cm³/mol. The molecule has 11 heavy (non-hydrogen) atoms. The molecule has 1 aromatic heterocycles. The minimum absolute atomic E-state index is 0.0311. The fraction of sp³-hybridized carbons (Fsp3) is 0.429. The molecular weight excluding hydrogens is 142 g/mol. The molecular formula is C7H11N3O. The molecule has 0 bridgehead atoms. The van der Waals surface area contributed by atoms with Gasteiger partial charge in [-0.25, -0.2) is 4.98 Å². The van der Waals surface area contributed by atoms with Crippen LogP contribution in [0.3, 0.4) is 0 Å². The molecule has 0 radical (unpaired) electrons.